The molecule has 8 heteroatoms. The highest BCUT2D eigenvalue weighted by Gasteiger charge is 2.36. The highest BCUT2D eigenvalue weighted by molar-refractivity contribution is 7.26. The van der Waals surface area contributed by atoms with Crippen molar-refractivity contribution in [1.82, 2.24) is 19.1 Å². The molecule has 5 nitrogen and oxygen atoms in total. The second kappa shape index (κ2) is 20.1. The van der Waals surface area contributed by atoms with Crippen LogP contribution in [0.15, 0.2) is 297 Å². The van der Waals surface area contributed by atoms with Gasteiger partial charge in [0, 0.05) is 111 Å². The molecule has 0 N–H and O–H groups in total. The molecule has 7 heterocycles. The monoisotopic (exact) mass is 1250 g/mol. The Labute approximate surface area is 551 Å². The number of fused-ring (bicyclic) bond motifs is 19. The maximum absolute atomic E-state index is 5.87. The van der Waals surface area contributed by atoms with Crippen LogP contribution >= 0.6 is 34.0 Å². The van der Waals surface area contributed by atoms with Crippen molar-refractivity contribution in [2.75, 3.05) is 4.90 Å². The van der Waals surface area contributed by atoms with E-state index in [1.165, 1.54) is 99.7 Å². The van der Waals surface area contributed by atoms with Gasteiger partial charge >= 0.3 is 0 Å². The van der Waals surface area contributed by atoms with E-state index in [1.807, 2.05) is 34.0 Å². The summed E-state index contributed by atoms with van der Waals surface area (Å²) < 4.78 is 12.5. The molecule has 21 rings (SSSR count). The van der Waals surface area contributed by atoms with E-state index < -0.39 is 0 Å². The van der Waals surface area contributed by atoms with Crippen LogP contribution in [-0.4, -0.2) is 19.1 Å². The summed E-state index contributed by atoms with van der Waals surface area (Å²) in [5.41, 5.74) is 18.1. The van der Waals surface area contributed by atoms with Gasteiger partial charge in [0.25, 0.3) is 0 Å². The van der Waals surface area contributed by atoms with Crippen LogP contribution in [0, 0.1) is 0 Å². The average molecular weight is 1250 g/mol. The lowest BCUT2D eigenvalue weighted by atomic mass is 9.91. The fourth-order valence-corrected chi connectivity index (χ4v) is 19.0. The van der Waals surface area contributed by atoms with Gasteiger partial charge in [-0.1, -0.05) is 188 Å². The van der Waals surface area contributed by atoms with Crippen LogP contribution in [0.1, 0.15) is 17.9 Å². The summed E-state index contributed by atoms with van der Waals surface area (Å²) in [4.78, 5) is 14.3. The second-order valence-electron chi connectivity index (χ2n) is 25.1. The standard InChI is InChI=1S/C86H51N5S3/c1-2-16-58-56(15-1)57(38-39-75(58)89-72-23-9-3-17-59(72)62-35-29-53(46-76(62)89)50-32-40-82-68(43-50)65-20-6-12-26-79(65)92-82)71-49-85(90-73-24-10-4-18-60(73)63-36-30-54(47-77(63)90)51-33-41-83-69(44-51)66-21-7-13-27-80(66)93-83)88-86(87-71)91-74-25-11-5-19-61(74)64-37-31-55(48-78(64)91)52-34-42-84-70(45-52)67-22-8-14-28-81(67)94-84/h1-16,18-49,59H,17H2. The van der Waals surface area contributed by atoms with Gasteiger partial charge in [-0.15, -0.1) is 34.0 Å². The first-order chi connectivity index (χ1) is 46.6. The highest BCUT2D eigenvalue weighted by atomic mass is 32.1. The lowest BCUT2D eigenvalue weighted by Crippen LogP contribution is -2.15. The molecule has 1 aliphatic carbocycles. The molecule has 0 bridgehead atoms. The first-order valence-corrected chi connectivity index (χ1v) is 34.6. The fraction of sp³-hybridized carbons (Fsp3) is 0.0233. The number of hydrogen-bond donors (Lipinski definition) is 0. The van der Waals surface area contributed by atoms with Crippen molar-refractivity contribution in [3.8, 4) is 56.4 Å². The average Bonchev–Trinajstić information content (AvgIpc) is 1.54. The smallest absolute Gasteiger partial charge is 0.237 e. The van der Waals surface area contributed by atoms with Crippen LogP contribution in [0.3, 0.4) is 0 Å². The predicted octanol–water partition coefficient (Wildman–Crippen LogP) is 24.7. The zero-order chi connectivity index (χ0) is 61.3. The minimum atomic E-state index is 0.234. The maximum Gasteiger partial charge on any atom is 0.237 e. The molecule has 1 aliphatic heterocycles. The third kappa shape index (κ3) is 7.79. The summed E-state index contributed by atoms with van der Waals surface area (Å²) >= 11 is 5.57. The third-order valence-electron chi connectivity index (χ3n) is 20.1. The topological polar surface area (TPSA) is 38.9 Å². The number of benzene rings is 13. The van der Waals surface area contributed by atoms with Gasteiger partial charge in [0.1, 0.15) is 5.82 Å². The van der Waals surface area contributed by atoms with Gasteiger partial charge in [-0.2, -0.15) is 4.98 Å². The van der Waals surface area contributed by atoms with Gasteiger partial charge in [-0.25, -0.2) is 4.98 Å². The first kappa shape index (κ1) is 52.4. The fourth-order valence-electron chi connectivity index (χ4n) is 15.7. The van der Waals surface area contributed by atoms with Gasteiger partial charge < -0.3 is 4.90 Å². The van der Waals surface area contributed by atoms with Crippen molar-refractivity contribution in [2.24, 2.45) is 0 Å². The molecule has 94 heavy (non-hydrogen) atoms. The molecule has 1 atom stereocenters. The number of aromatic nitrogens is 4. The summed E-state index contributed by atoms with van der Waals surface area (Å²) in [6, 6.07) is 102. The van der Waals surface area contributed by atoms with E-state index in [0.29, 0.717) is 5.95 Å². The molecule has 0 saturated carbocycles. The molecular weight excluding hydrogens is 1200 g/mol. The molecule has 19 aromatic rings. The molecular formula is C86H51N5S3. The van der Waals surface area contributed by atoms with Crippen LogP contribution in [-0.2, 0) is 0 Å². The van der Waals surface area contributed by atoms with Crippen molar-refractivity contribution in [2.45, 2.75) is 12.3 Å². The quantitative estimate of drug-likeness (QED) is 0.160. The molecule has 13 aromatic carbocycles. The van der Waals surface area contributed by atoms with E-state index in [-0.39, 0.29) is 5.92 Å². The Morgan fingerprint density at radius 1 is 0.319 bits per heavy atom. The maximum atomic E-state index is 5.87. The number of rotatable bonds is 7. The Hall–Kier alpha value is -11.3. The lowest BCUT2D eigenvalue weighted by Gasteiger charge is -2.27. The minimum absolute atomic E-state index is 0.234. The van der Waals surface area contributed by atoms with Crippen molar-refractivity contribution < 1.29 is 0 Å². The molecule has 0 saturated heterocycles. The van der Waals surface area contributed by atoms with E-state index in [4.69, 9.17) is 9.97 Å². The van der Waals surface area contributed by atoms with Crippen LogP contribution in [0.25, 0.3) is 171 Å². The molecule has 6 aromatic heterocycles. The SMILES string of the molecule is C1=CCC2C(=C1)N(c1ccc(-c3cc(-n4c5ccccc5c5ccc(-c6ccc7sc8ccccc8c7c6)cc54)nc(-n4c5ccccc5c5ccc(-c6ccc7sc8ccccc8c7c6)cc54)n3)c3ccccc13)c1cc(-c3ccc4sc5ccccc5c4c3)ccc12. The molecule has 438 valence electrons. The van der Waals surface area contributed by atoms with Crippen LogP contribution in [0.5, 0.6) is 0 Å². The van der Waals surface area contributed by atoms with E-state index in [9.17, 15) is 0 Å². The highest BCUT2D eigenvalue weighted by Crippen LogP contribution is 2.54. The number of allylic oxidation sites excluding steroid dienone is 4. The molecule has 0 radical (unpaired) electrons. The molecule has 0 spiro atoms. The summed E-state index contributed by atoms with van der Waals surface area (Å²) in [5.74, 6) is 1.61. The van der Waals surface area contributed by atoms with Gasteiger partial charge in [-0.3, -0.25) is 9.13 Å². The van der Waals surface area contributed by atoms with Crippen molar-refractivity contribution >= 4 is 160 Å². The van der Waals surface area contributed by atoms with Crippen LogP contribution < -0.4 is 4.90 Å². The zero-order valence-corrected chi connectivity index (χ0v) is 52.9. The van der Waals surface area contributed by atoms with Gasteiger partial charge in [-0.05, 0) is 148 Å². The molecule has 0 fully saturated rings. The van der Waals surface area contributed by atoms with Gasteiger partial charge in [0.15, 0.2) is 0 Å². The third-order valence-corrected chi connectivity index (χ3v) is 23.5. The van der Waals surface area contributed by atoms with Gasteiger partial charge in [0.05, 0.1) is 39.1 Å². The van der Waals surface area contributed by atoms with E-state index in [1.54, 1.807) is 0 Å². The van der Waals surface area contributed by atoms with Crippen LogP contribution in [0.4, 0.5) is 11.4 Å². The summed E-state index contributed by atoms with van der Waals surface area (Å²) in [6.07, 6.45) is 7.84. The molecule has 2 aliphatic rings. The number of hydrogen-bond acceptors (Lipinski definition) is 6. The van der Waals surface area contributed by atoms with E-state index in [2.05, 4.69) is 305 Å². The Bertz CT molecular complexity index is 6310. The largest absolute Gasteiger partial charge is 0.313 e. The summed E-state index contributed by atoms with van der Waals surface area (Å²) in [5, 5.41) is 14.6. The Morgan fingerprint density at radius 2 is 0.766 bits per heavy atom. The van der Waals surface area contributed by atoms with Gasteiger partial charge in [0.2, 0.25) is 5.95 Å². The zero-order valence-electron chi connectivity index (χ0n) is 50.5. The lowest BCUT2D eigenvalue weighted by molar-refractivity contribution is 0.820. The van der Waals surface area contributed by atoms with E-state index in [0.717, 1.165) is 94.7 Å². The summed E-state index contributed by atoms with van der Waals surface area (Å²) in [6.45, 7) is 0. The number of nitrogens with zero attached hydrogens (tertiary/aromatic N) is 5. The minimum Gasteiger partial charge on any atom is -0.313 e. The Morgan fingerprint density at radius 3 is 1.35 bits per heavy atom. The molecule has 1 unspecified atom stereocenters. The van der Waals surface area contributed by atoms with Crippen molar-refractivity contribution in [3.63, 3.8) is 0 Å². The van der Waals surface area contributed by atoms with Crippen LogP contribution in [0.2, 0.25) is 0 Å². The van der Waals surface area contributed by atoms with Crippen molar-refractivity contribution in [1.29, 1.82) is 0 Å². The first-order valence-electron chi connectivity index (χ1n) is 32.1. The predicted molar refractivity (Wildman–Crippen MR) is 402 cm³/mol. The number of thiophene rings is 3. The molecule has 0 amide bonds. The number of anilines is 2. The Balaban J connectivity index is 0.786. The second-order valence-corrected chi connectivity index (χ2v) is 28.4. The Kier molecular flexibility index (Phi) is 11.2. The number of para-hydroxylation sites is 2. The van der Waals surface area contributed by atoms with Crippen molar-refractivity contribution in [3.05, 3.63) is 302 Å². The van der Waals surface area contributed by atoms with E-state index >= 15 is 0 Å². The normalized spacial score (nSPS) is 14.0. The summed E-state index contributed by atoms with van der Waals surface area (Å²) in [7, 11) is 0.